The lowest BCUT2D eigenvalue weighted by Gasteiger charge is -2.32. The number of para-hydroxylation sites is 8. The molecule has 7 heterocycles. The Morgan fingerprint density at radius 3 is 0.910 bits per heavy atom. The predicted molar refractivity (Wildman–Crippen MR) is 553 cm³/mol. The topological polar surface area (TPSA) is 116 Å². The fraction of sp³-hybridized carbons (Fsp3) is 0.0500. The van der Waals surface area contributed by atoms with Crippen molar-refractivity contribution < 1.29 is 9.31 Å². The van der Waals surface area contributed by atoms with E-state index in [1.807, 2.05) is 60.7 Å². The van der Waals surface area contributed by atoms with Crippen LogP contribution in [0.4, 0.5) is 0 Å². The van der Waals surface area contributed by atoms with Crippen LogP contribution in [-0.4, -0.2) is 66.5 Å². The largest absolute Gasteiger partial charge is 0.494 e. The van der Waals surface area contributed by atoms with Crippen LogP contribution < -0.4 is 5.46 Å². The van der Waals surface area contributed by atoms with Gasteiger partial charge in [0.1, 0.15) is 0 Å². The molecule has 638 valence electrons. The Balaban J connectivity index is 0.000000121. The van der Waals surface area contributed by atoms with Crippen molar-refractivity contribution in [1.82, 2.24) is 48.2 Å². The van der Waals surface area contributed by atoms with E-state index in [0.29, 0.717) is 29.4 Å². The molecule has 6 aromatic heterocycles. The monoisotopic (exact) mass is 1740 g/mol. The molecule has 1 fully saturated rings. The van der Waals surface area contributed by atoms with Crippen LogP contribution in [0.15, 0.2) is 449 Å². The van der Waals surface area contributed by atoms with Crippen LogP contribution in [0, 0.1) is 0 Å². The van der Waals surface area contributed by atoms with Crippen molar-refractivity contribution in [1.29, 1.82) is 0 Å². The average Bonchev–Trinajstić information content (AvgIpc) is 1.64. The Morgan fingerprint density at radius 2 is 0.507 bits per heavy atom. The number of aromatic nitrogens is 10. The molecule has 0 bridgehead atoms. The lowest BCUT2D eigenvalue weighted by atomic mass is 9.78. The zero-order valence-electron chi connectivity index (χ0n) is 74.0. The van der Waals surface area contributed by atoms with Crippen LogP contribution in [-0.2, 0) is 9.31 Å². The molecule has 14 heteroatoms. The summed E-state index contributed by atoms with van der Waals surface area (Å²) in [6.07, 6.45) is 0. The van der Waals surface area contributed by atoms with Crippen LogP contribution in [0.5, 0.6) is 0 Å². The van der Waals surface area contributed by atoms with Gasteiger partial charge in [0.05, 0.1) is 66.7 Å². The molecule has 1 saturated heterocycles. The molecule has 0 unspecified atom stereocenters. The lowest BCUT2D eigenvalue weighted by molar-refractivity contribution is 0.00578. The maximum Gasteiger partial charge on any atom is 0.494 e. The van der Waals surface area contributed by atoms with Crippen molar-refractivity contribution in [3.05, 3.63) is 454 Å². The highest BCUT2D eigenvalue weighted by molar-refractivity contribution is 6.62. The number of hydrogen-bond donors (Lipinski definition) is 0. The minimum absolute atomic E-state index is 0.164. The van der Waals surface area contributed by atoms with Gasteiger partial charge >= 0.3 is 7.12 Å². The molecule has 0 atom stereocenters. The molecule has 18 aromatic carbocycles. The smallest absolute Gasteiger partial charge is 0.399 e. The zero-order chi connectivity index (χ0) is 90.0. The van der Waals surface area contributed by atoms with E-state index in [0.717, 1.165) is 133 Å². The van der Waals surface area contributed by atoms with Crippen molar-refractivity contribution in [3.63, 3.8) is 0 Å². The Labute approximate surface area is 780 Å². The zero-order valence-corrected chi connectivity index (χ0v) is 74.7. The molecule has 0 amide bonds. The third-order valence-electron chi connectivity index (χ3n) is 26.2. The van der Waals surface area contributed by atoms with Crippen molar-refractivity contribution in [2.24, 2.45) is 0 Å². The van der Waals surface area contributed by atoms with Crippen LogP contribution in [0.25, 0.3) is 211 Å². The van der Waals surface area contributed by atoms with Crippen molar-refractivity contribution in [2.45, 2.75) is 38.9 Å². The van der Waals surface area contributed by atoms with Gasteiger partial charge in [0.25, 0.3) is 0 Å². The number of hydrogen-bond acceptors (Lipinski definition) is 8. The van der Waals surface area contributed by atoms with Gasteiger partial charge in [-0.3, -0.25) is 9.13 Å². The second-order valence-corrected chi connectivity index (χ2v) is 35.2. The predicted octanol–water partition coefficient (Wildman–Crippen LogP) is 29.8. The summed E-state index contributed by atoms with van der Waals surface area (Å²) >= 11 is 6.40. The molecule has 0 saturated carbocycles. The van der Waals surface area contributed by atoms with Crippen LogP contribution in [0.2, 0.25) is 5.28 Å². The number of nitrogens with zero attached hydrogens (tertiary/aromatic N) is 10. The molecule has 134 heavy (non-hydrogen) atoms. The first-order valence-electron chi connectivity index (χ1n) is 45.3. The summed E-state index contributed by atoms with van der Waals surface area (Å²) in [6, 6.07) is 157. The highest BCUT2D eigenvalue weighted by atomic mass is 35.5. The normalized spacial score (nSPS) is 12.9. The fourth-order valence-corrected chi connectivity index (χ4v) is 19.3. The van der Waals surface area contributed by atoms with E-state index < -0.39 is 18.3 Å². The first kappa shape index (κ1) is 81.9. The minimum atomic E-state index is -0.443. The van der Waals surface area contributed by atoms with Crippen LogP contribution >= 0.6 is 11.6 Å². The average molecular weight is 1750 g/mol. The quantitative estimate of drug-likeness (QED) is 0.0989. The highest BCUT2D eigenvalue weighted by Gasteiger charge is 2.52. The number of halogens is 1. The summed E-state index contributed by atoms with van der Waals surface area (Å²) in [5.41, 5.74) is 27.5. The van der Waals surface area contributed by atoms with E-state index in [9.17, 15) is 0 Å². The lowest BCUT2D eigenvalue weighted by Crippen LogP contribution is -2.41. The summed E-state index contributed by atoms with van der Waals surface area (Å²) < 4.78 is 22.1. The Hall–Kier alpha value is -16.5. The number of fused-ring (bicyclic) bond motifs is 12. The van der Waals surface area contributed by atoms with Gasteiger partial charge in [-0.15, -0.1) is 0 Å². The summed E-state index contributed by atoms with van der Waals surface area (Å²) in [4.78, 5) is 29.8. The Bertz CT molecular complexity index is 8470. The molecule has 0 N–H and O–H groups in total. The molecular weight excluding hydrogens is 1660 g/mol. The number of benzene rings is 18. The van der Waals surface area contributed by atoms with Crippen LogP contribution in [0.1, 0.15) is 27.7 Å². The minimum Gasteiger partial charge on any atom is -0.399 e. The van der Waals surface area contributed by atoms with E-state index in [4.69, 9.17) is 40.8 Å². The molecule has 1 aliphatic rings. The van der Waals surface area contributed by atoms with E-state index in [2.05, 4.69) is 444 Å². The molecule has 0 aliphatic carbocycles. The summed E-state index contributed by atoms with van der Waals surface area (Å²) in [5, 5.41) is 9.60. The standard InChI is InChI=1S/C57H37N5.C36H32BNO2.C27H17ClN4/c1-4-18-38(19-5-1)41-24-16-25-42(36-41)44-35-34-43(37-53(44)61-50-31-13-10-26-46(50)47-27-11-14-32-51(47)61)56-58-55(40-22-8-3-9-23-40)59-57(60-56)62-52-33-15-12-28-48(52)49-30-17-29-45(54(49)62)39-20-6-2-7-21-39;1-35(2)36(3,4)40-37(39-35)28-21-22-29(27-16-12-15-26(23-27)25-13-6-5-7-14-25)34(24-28)38-32-19-10-8-17-30(32)31-18-9-11-20-33(31)38;28-26-29-25(19-12-5-2-6-13-19)30-27(31-26)32-23-17-8-7-14-21(23)22-16-9-15-20(24(22)32)18-10-3-1-4-11-18/h1-37H;5-24H,1-4H3;1-17H. The van der Waals surface area contributed by atoms with Gasteiger partial charge in [-0.2, -0.15) is 24.9 Å². The molecule has 1 aliphatic heterocycles. The van der Waals surface area contributed by atoms with Crippen molar-refractivity contribution in [3.8, 4) is 124 Å². The van der Waals surface area contributed by atoms with Gasteiger partial charge in [0.15, 0.2) is 17.5 Å². The summed E-state index contributed by atoms with van der Waals surface area (Å²) in [5.74, 6) is 2.79. The van der Waals surface area contributed by atoms with Crippen LogP contribution in [0.3, 0.4) is 0 Å². The fourth-order valence-electron chi connectivity index (χ4n) is 19.2. The van der Waals surface area contributed by atoms with Crippen molar-refractivity contribution in [2.75, 3.05) is 0 Å². The van der Waals surface area contributed by atoms with Gasteiger partial charge in [0, 0.05) is 82.0 Å². The molecule has 12 nitrogen and oxygen atoms in total. The second-order valence-electron chi connectivity index (χ2n) is 34.8. The van der Waals surface area contributed by atoms with E-state index >= 15 is 0 Å². The van der Waals surface area contributed by atoms with Gasteiger partial charge in [-0.05, 0) is 150 Å². The second kappa shape index (κ2) is 34.4. The summed E-state index contributed by atoms with van der Waals surface area (Å²) in [7, 11) is -0.443. The van der Waals surface area contributed by atoms with Gasteiger partial charge < -0.3 is 18.4 Å². The number of rotatable bonds is 14. The first-order valence-corrected chi connectivity index (χ1v) is 45.6. The molecule has 24 aromatic rings. The van der Waals surface area contributed by atoms with Gasteiger partial charge in [-0.1, -0.05) is 388 Å². The maximum atomic E-state index is 6.49. The first-order chi connectivity index (χ1) is 65.9. The third-order valence-corrected chi connectivity index (χ3v) is 26.4. The van der Waals surface area contributed by atoms with Gasteiger partial charge in [-0.25, -0.2) is 4.98 Å². The molecule has 25 rings (SSSR count). The SMILES string of the molecule is CC1(C)OB(c2ccc(-c3cccc(-c4ccccc4)c3)c(-n3c4ccccc4c4ccccc43)c2)OC1(C)C.Clc1nc(-c2ccccc2)nc(-n2c3ccccc3c3cccc(-c4ccccc4)c32)n1.c1ccc(-c2cccc(-c3ccc(-c4nc(-c5ccccc5)nc(-n5c6ccccc6c6cccc(-c7ccccc7)c65)n4)cc3-n3c4ccccc4c4ccccc43)c2)cc1. The summed E-state index contributed by atoms with van der Waals surface area (Å²) in [6.45, 7) is 8.41. The maximum absolute atomic E-state index is 6.49. The van der Waals surface area contributed by atoms with E-state index in [-0.39, 0.29) is 5.28 Å². The Kier molecular flexibility index (Phi) is 21.0. The van der Waals surface area contributed by atoms with E-state index in [1.54, 1.807) is 0 Å². The third kappa shape index (κ3) is 14.9. The Morgan fingerprint density at radius 1 is 0.216 bits per heavy atom. The van der Waals surface area contributed by atoms with Crippen molar-refractivity contribution >= 4 is 111 Å². The molecule has 0 spiro atoms. The van der Waals surface area contributed by atoms with Gasteiger partial charge in [0.2, 0.25) is 17.2 Å². The molecular formula is C120H86BClN10O2. The van der Waals surface area contributed by atoms with E-state index in [1.165, 1.54) is 54.8 Å². The highest BCUT2D eigenvalue weighted by Crippen LogP contribution is 2.46. The molecule has 0 radical (unpaired) electrons.